The number of thiazole rings is 1. The fourth-order valence-corrected chi connectivity index (χ4v) is 2.93. The molecule has 1 N–H and O–H groups in total. The zero-order chi connectivity index (χ0) is 15.2. The second-order valence-electron chi connectivity index (χ2n) is 3.78. The van der Waals surface area contributed by atoms with E-state index in [0.29, 0.717) is 5.75 Å². The van der Waals surface area contributed by atoms with Crippen LogP contribution in [0.4, 0.5) is 11.4 Å². The van der Waals surface area contributed by atoms with Crippen molar-refractivity contribution in [3.63, 3.8) is 0 Å². The van der Waals surface area contributed by atoms with Gasteiger partial charge in [-0.1, -0.05) is 11.8 Å². The quantitative estimate of drug-likeness (QED) is 0.498. The second kappa shape index (κ2) is 7.04. The Labute approximate surface area is 128 Å². The first-order chi connectivity index (χ1) is 10.1. The van der Waals surface area contributed by atoms with E-state index in [2.05, 4.69) is 10.3 Å². The highest BCUT2D eigenvalue weighted by molar-refractivity contribution is 8.01. The van der Waals surface area contributed by atoms with Crippen LogP contribution in [0.1, 0.15) is 0 Å². The first kappa shape index (κ1) is 15.3. The summed E-state index contributed by atoms with van der Waals surface area (Å²) in [6.45, 7) is 0. The van der Waals surface area contributed by atoms with Crippen LogP contribution in [0.3, 0.4) is 0 Å². The number of ether oxygens (including phenoxy) is 1. The van der Waals surface area contributed by atoms with Crippen molar-refractivity contribution < 1.29 is 14.5 Å². The van der Waals surface area contributed by atoms with Gasteiger partial charge in [0.15, 0.2) is 0 Å². The number of amides is 1. The van der Waals surface area contributed by atoms with E-state index in [4.69, 9.17) is 4.74 Å². The number of nitrogens with zero attached hydrogens (tertiary/aromatic N) is 2. The zero-order valence-corrected chi connectivity index (χ0v) is 12.6. The first-order valence-corrected chi connectivity index (χ1v) is 7.61. The van der Waals surface area contributed by atoms with Crippen LogP contribution in [0.5, 0.6) is 5.75 Å². The van der Waals surface area contributed by atoms with Gasteiger partial charge < -0.3 is 10.1 Å². The number of hydrogen-bond acceptors (Lipinski definition) is 7. The molecule has 0 radical (unpaired) electrons. The van der Waals surface area contributed by atoms with Crippen LogP contribution in [-0.4, -0.2) is 28.7 Å². The van der Waals surface area contributed by atoms with Gasteiger partial charge in [0.05, 0.1) is 23.9 Å². The Morgan fingerprint density at radius 1 is 1.57 bits per heavy atom. The summed E-state index contributed by atoms with van der Waals surface area (Å²) < 4.78 is 5.71. The number of aromatic nitrogens is 1. The van der Waals surface area contributed by atoms with Crippen molar-refractivity contribution in [2.45, 2.75) is 4.34 Å². The smallest absolute Gasteiger partial charge is 0.296 e. The largest absolute Gasteiger partial charge is 0.496 e. The Hall–Kier alpha value is -2.13. The molecule has 0 aliphatic rings. The lowest BCUT2D eigenvalue weighted by atomic mass is 10.2. The molecule has 0 bridgehead atoms. The predicted octanol–water partition coefficient (Wildman–Crippen LogP) is 2.79. The van der Waals surface area contributed by atoms with Gasteiger partial charge >= 0.3 is 0 Å². The molecule has 0 atom stereocenters. The van der Waals surface area contributed by atoms with Crippen molar-refractivity contribution >= 4 is 40.4 Å². The summed E-state index contributed by atoms with van der Waals surface area (Å²) in [4.78, 5) is 26.3. The third-order valence-corrected chi connectivity index (χ3v) is 4.38. The summed E-state index contributed by atoms with van der Waals surface area (Å²) >= 11 is 2.71. The van der Waals surface area contributed by atoms with E-state index < -0.39 is 4.92 Å². The van der Waals surface area contributed by atoms with Gasteiger partial charge in [-0.25, -0.2) is 4.98 Å². The van der Waals surface area contributed by atoms with Gasteiger partial charge in [-0.2, -0.15) is 0 Å². The second-order valence-corrected chi connectivity index (χ2v) is 5.89. The lowest BCUT2D eigenvalue weighted by molar-refractivity contribution is -0.384. The van der Waals surface area contributed by atoms with Crippen LogP contribution in [0.15, 0.2) is 34.1 Å². The molecule has 21 heavy (non-hydrogen) atoms. The molecule has 1 aromatic heterocycles. The average Bonchev–Trinajstić information content (AvgIpc) is 2.98. The van der Waals surface area contributed by atoms with E-state index in [1.54, 1.807) is 12.3 Å². The van der Waals surface area contributed by atoms with Gasteiger partial charge in [-0.05, 0) is 12.1 Å². The lowest BCUT2D eigenvalue weighted by Crippen LogP contribution is -2.15. The number of carbonyl (C=O) groups excluding carboxylic acids is 1. The van der Waals surface area contributed by atoms with Crippen molar-refractivity contribution in [3.8, 4) is 5.75 Å². The van der Waals surface area contributed by atoms with Gasteiger partial charge in [0, 0.05) is 11.6 Å². The summed E-state index contributed by atoms with van der Waals surface area (Å²) in [6, 6.07) is 4.27. The summed E-state index contributed by atoms with van der Waals surface area (Å²) in [5, 5.41) is 15.3. The molecule has 1 heterocycles. The molecule has 0 saturated heterocycles. The Kier molecular flexibility index (Phi) is 5.12. The third-order valence-electron chi connectivity index (χ3n) is 2.41. The molecule has 2 aromatic rings. The van der Waals surface area contributed by atoms with Gasteiger partial charge in [0.25, 0.3) is 5.69 Å². The number of methoxy groups -OCH3 is 1. The Bertz CT molecular complexity index is 646. The Morgan fingerprint density at radius 3 is 3.00 bits per heavy atom. The maximum atomic E-state index is 11.8. The van der Waals surface area contributed by atoms with Crippen molar-refractivity contribution in [1.29, 1.82) is 0 Å². The lowest BCUT2D eigenvalue weighted by Gasteiger charge is -2.07. The molecule has 9 heteroatoms. The van der Waals surface area contributed by atoms with Crippen LogP contribution in [0.25, 0.3) is 0 Å². The monoisotopic (exact) mass is 325 g/mol. The van der Waals surface area contributed by atoms with E-state index in [1.807, 2.05) is 5.38 Å². The van der Waals surface area contributed by atoms with Crippen LogP contribution >= 0.6 is 23.1 Å². The number of benzene rings is 1. The minimum atomic E-state index is -0.563. The normalized spacial score (nSPS) is 10.1. The SMILES string of the molecule is COc1ccc(NC(=O)CSc2nccs2)c([N+](=O)[O-])c1. The molecule has 1 aromatic carbocycles. The summed E-state index contributed by atoms with van der Waals surface area (Å²) in [6.07, 6.45) is 1.65. The van der Waals surface area contributed by atoms with Gasteiger partial charge in [0.1, 0.15) is 15.8 Å². The summed E-state index contributed by atoms with van der Waals surface area (Å²) in [7, 11) is 1.42. The Morgan fingerprint density at radius 2 is 2.38 bits per heavy atom. The van der Waals surface area contributed by atoms with E-state index in [0.717, 1.165) is 4.34 Å². The third kappa shape index (κ3) is 4.17. The zero-order valence-electron chi connectivity index (χ0n) is 10.9. The molecule has 110 valence electrons. The molecule has 0 unspecified atom stereocenters. The fraction of sp³-hybridized carbons (Fsp3) is 0.167. The summed E-state index contributed by atoms with van der Waals surface area (Å²) in [5.41, 5.74) is -0.0625. The van der Waals surface area contributed by atoms with Crippen molar-refractivity contribution in [1.82, 2.24) is 4.98 Å². The number of anilines is 1. The molecule has 7 nitrogen and oxygen atoms in total. The highest BCUT2D eigenvalue weighted by Gasteiger charge is 2.17. The van der Waals surface area contributed by atoms with E-state index in [-0.39, 0.29) is 23.0 Å². The molecular weight excluding hydrogens is 314 g/mol. The number of rotatable bonds is 6. The fourth-order valence-electron chi connectivity index (χ4n) is 1.49. The first-order valence-electron chi connectivity index (χ1n) is 5.74. The molecule has 0 fully saturated rings. The molecular formula is C12H11N3O4S2. The van der Waals surface area contributed by atoms with E-state index >= 15 is 0 Å². The maximum absolute atomic E-state index is 11.8. The topological polar surface area (TPSA) is 94.4 Å². The number of carbonyl (C=O) groups is 1. The highest BCUT2D eigenvalue weighted by atomic mass is 32.2. The molecule has 1 amide bonds. The Balaban J connectivity index is 2.04. The number of hydrogen-bond donors (Lipinski definition) is 1. The standard InChI is InChI=1S/C12H11N3O4S2/c1-19-8-2-3-9(10(6-8)15(17)18)14-11(16)7-21-12-13-4-5-20-12/h2-6H,7H2,1H3,(H,14,16). The molecule has 0 saturated carbocycles. The highest BCUT2D eigenvalue weighted by Crippen LogP contribution is 2.29. The number of thioether (sulfide) groups is 1. The molecule has 2 rings (SSSR count). The maximum Gasteiger partial charge on any atom is 0.296 e. The van der Waals surface area contributed by atoms with Gasteiger partial charge in [-0.3, -0.25) is 14.9 Å². The van der Waals surface area contributed by atoms with E-state index in [9.17, 15) is 14.9 Å². The minimum absolute atomic E-state index is 0.136. The van der Waals surface area contributed by atoms with Crippen LogP contribution in [-0.2, 0) is 4.79 Å². The van der Waals surface area contributed by atoms with Crippen molar-refractivity contribution in [2.75, 3.05) is 18.2 Å². The van der Waals surface area contributed by atoms with E-state index in [1.165, 1.54) is 42.3 Å². The molecule has 0 spiro atoms. The predicted molar refractivity (Wildman–Crippen MR) is 81.1 cm³/mol. The van der Waals surface area contributed by atoms with Crippen molar-refractivity contribution in [3.05, 3.63) is 39.9 Å². The average molecular weight is 325 g/mol. The van der Waals surface area contributed by atoms with Crippen LogP contribution in [0.2, 0.25) is 0 Å². The van der Waals surface area contributed by atoms with Gasteiger partial charge in [0.2, 0.25) is 5.91 Å². The van der Waals surface area contributed by atoms with Crippen LogP contribution in [0, 0.1) is 10.1 Å². The number of nitro benzene ring substituents is 1. The van der Waals surface area contributed by atoms with Crippen LogP contribution < -0.4 is 10.1 Å². The molecule has 0 aliphatic carbocycles. The number of nitro groups is 1. The number of nitrogens with one attached hydrogen (secondary N) is 1. The van der Waals surface area contributed by atoms with Crippen molar-refractivity contribution in [2.24, 2.45) is 0 Å². The minimum Gasteiger partial charge on any atom is -0.496 e. The van der Waals surface area contributed by atoms with Gasteiger partial charge in [-0.15, -0.1) is 11.3 Å². The molecule has 0 aliphatic heterocycles. The summed E-state index contributed by atoms with van der Waals surface area (Å²) in [5.74, 6) is 0.164.